The van der Waals surface area contributed by atoms with Gasteiger partial charge in [0.25, 0.3) is 0 Å². The van der Waals surface area contributed by atoms with Gasteiger partial charge in [0.05, 0.1) is 6.54 Å². The zero-order valence-electron chi connectivity index (χ0n) is 12.0. The number of hydrogen-bond donors (Lipinski definition) is 1. The minimum Gasteiger partial charge on any atom is -0.296 e. The SMILES string of the molecule is CC1N=CN(CC(Cn2cncn2)c2ccc(F)cc2F)N1. The van der Waals surface area contributed by atoms with Crippen molar-refractivity contribution >= 4 is 6.34 Å². The Labute approximate surface area is 126 Å². The lowest BCUT2D eigenvalue weighted by Crippen LogP contribution is -2.39. The molecule has 8 heteroatoms. The van der Waals surface area contributed by atoms with E-state index in [1.165, 1.54) is 18.5 Å². The third kappa shape index (κ3) is 3.28. The van der Waals surface area contributed by atoms with E-state index in [4.69, 9.17) is 0 Å². The van der Waals surface area contributed by atoms with Crippen LogP contribution in [0.4, 0.5) is 8.78 Å². The van der Waals surface area contributed by atoms with Gasteiger partial charge in [-0.05, 0) is 18.6 Å². The molecule has 1 aliphatic rings. The molecule has 2 atom stereocenters. The number of hydrogen-bond acceptors (Lipinski definition) is 5. The van der Waals surface area contributed by atoms with Crippen LogP contribution in [0, 0.1) is 11.6 Å². The molecule has 1 N–H and O–H groups in total. The summed E-state index contributed by atoms with van der Waals surface area (Å²) < 4.78 is 28.9. The topological polar surface area (TPSA) is 58.3 Å². The Morgan fingerprint density at radius 1 is 1.32 bits per heavy atom. The van der Waals surface area contributed by atoms with Crippen LogP contribution >= 0.6 is 0 Å². The van der Waals surface area contributed by atoms with Crippen LogP contribution in [0.25, 0.3) is 0 Å². The number of hydrazine groups is 1. The predicted molar refractivity (Wildman–Crippen MR) is 76.9 cm³/mol. The maximum atomic E-state index is 14.1. The molecule has 22 heavy (non-hydrogen) atoms. The summed E-state index contributed by atoms with van der Waals surface area (Å²) in [6.45, 7) is 2.83. The van der Waals surface area contributed by atoms with Crippen LogP contribution in [-0.4, -0.2) is 38.8 Å². The molecule has 1 aliphatic heterocycles. The molecule has 1 aromatic heterocycles. The molecule has 3 rings (SSSR count). The fourth-order valence-electron chi connectivity index (χ4n) is 2.46. The van der Waals surface area contributed by atoms with Crippen LogP contribution in [0.1, 0.15) is 18.4 Å². The van der Waals surface area contributed by atoms with Crippen LogP contribution in [-0.2, 0) is 6.54 Å². The minimum atomic E-state index is -0.588. The monoisotopic (exact) mass is 306 g/mol. The maximum absolute atomic E-state index is 14.1. The van der Waals surface area contributed by atoms with Crippen LogP contribution in [0.2, 0.25) is 0 Å². The van der Waals surface area contributed by atoms with Crippen molar-refractivity contribution in [1.29, 1.82) is 0 Å². The van der Waals surface area contributed by atoms with E-state index in [0.717, 1.165) is 6.07 Å². The molecule has 1 aromatic carbocycles. The van der Waals surface area contributed by atoms with E-state index in [1.54, 1.807) is 22.4 Å². The number of benzene rings is 1. The lowest BCUT2D eigenvalue weighted by molar-refractivity contribution is 0.278. The van der Waals surface area contributed by atoms with E-state index >= 15 is 0 Å². The minimum absolute atomic E-state index is 0.00918. The van der Waals surface area contributed by atoms with Crippen molar-refractivity contribution in [2.24, 2.45) is 4.99 Å². The molecule has 0 spiro atoms. The van der Waals surface area contributed by atoms with E-state index in [2.05, 4.69) is 20.5 Å². The van der Waals surface area contributed by atoms with Gasteiger partial charge >= 0.3 is 0 Å². The summed E-state index contributed by atoms with van der Waals surface area (Å²) in [5, 5.41) is 5.86. The molecule has 0 bridgehead atoms. The summed E-state index contributed by atoms with van der Waals surface area (Å²) in [6.07, 6.45) is 4.67. The number of halogens is 2. The summed E-state index contributed by atoms with van der Waals surface area (Å²) in [5.41, 5.74) is 3.57. The van der Waals surface area contributed by atoms with Gasteiger partial charge in [0.1, 0.15) is 36.8 Å². The van der Waals surface area contributed by atoms with Crippen molar-refractivity contribution in [1.82, 2.24) is 25.2 Å². The van der Waals surface area contributed by atoms with Crippen LogP contribution < -0.4 is 5.43 Å². The summed E-state index contributed by atoms with van der Waals surface area (Å²) in [6, 6.07) is 3.64. The molecule has 2 heterocycles. The van der Waals surface area contributed by atoms with Crippen molar-refractivity contribution in [2.75, 3.05) is 6.54 Å². The highest BCUT2D eigenvalue weighted by Gasteiger charge is 2.22. The zero-order valence-corrected chi connectivity index (χ0v) is 12.0. The van der Waals surface area contributed by atoms with Gasteiger partial charge in [-0.3, -0.25) is 14.7 Å². The van der Waals surface area contributed by atoms with Crippen molar-refractivity contribution in [3.8, 4) is 0 Å². The molecule has 6 nitrogen and oxygen atoms in total. The Hall–Kier alpha value is -2.35. The van der Waals surface area contributed by atoms with Crippen molar-refractivity contribution < 1.29 is 8.78 Å². The van der Waals surface area contributed by atoms with E-state index in [0.29, 0.717) is 18.7 Å². The molecule has 0 saturated heterocycles. The summed E-state index contributed by atoms with van der Waals surface area (Å²) >= 11 is 0. The number of rotatable bonds is 5. The van der Waals surface area contributed by atoms with Gasteiger partial charge in [-0.1, -0.05) is 6.07 Å². The fraction of sp³-hybridized carbons (Fsp3) is 0.357. The molecule has 2 aromatic rings. The van der Waals surface area contributed by atoms with Crippen molar-refractivity contribution in [3.05, 3.63) is 48.1 Å². The maximum Gasteiger partial charge on any atom is 0.137 e. The second-order valence-electron chi connectivity index (χ2n) is 5.20. The van der Waals surface area contributed by atoms with E-state index in [1.807, 2.05) is 6.92 Å². The quantitative estimate of drug-likeness (QED) is 0.910. The van der Waals surface area contributed by atoms with Crippen molar-refractivity contribution in [3.63, 3.8) is 0 Å². The van der Waals surface area contributed by atoms with Crippen LogP contribution in [0.5, 0.6) is 0 Å². The van der Waals surface area contributed by atoms with E-state index in [-0.39, 0.29) is 12.1 Å². The molecule has 2 unspecified atom stereocenters. The third-order valence-corrected chi connectivity index (χ3v) is 3.48. The molecule has 0 fully saturated rings. The highest BCUT2D eigenvalue weighted by Crippen LogP contribution is 2.23. The molecule has 0 saturated carbocycles. The van der Waals surface area contributed by atoms with Gasteiger partial charge < -0.3 is 0 Å². The Bertz CT molecular complexity index is 657. The summed E-state index contributed by atoms with van der Waals surface area (Å²) in [4.78, 5) is 8.09. The molecule has 116 valence electrons. The normalized spacial score (nSPS) is 18.9. The van der Waals surface area contributed by atoms with E-state index in [9.17, 15) is 8.78 Å². The van der Waals surface area contributed by atoms with Gasteiger partial charge in [0, 0.05) is 18.5 Å². The van der Waals surface area contributed by atoms with Gasteiger partial charge in [0.15, 0.2) is 0 Å². The predicted octanol–water partition coefficient (Wildman–Crippen LogP) is 1.53. The Kier molecular flexibility index (Phi) is 4.10. The second kappa shape index (κ2) is 6.18. The highest BCUT2D eigenvalue weighted by atomic mass is 19.1. The lowest BCUT2D eigenvalue weighted by atomic mass is 9.98. The molecule has 0 amide bonds. The molecular weight excluding hydrogens is 290 g/mol. The van der Waals surface area contributed by atoms with Gasteiger partial charge in [-0.25, -0.2) is 19.2 Å². The fourth-order valence-corrected chi connectivity index (χ4v) is 2.46. The average Bonchev–Trinajstić information content (AvgIpc) is 3.10. The number of aromatic nitrogens is 3. The Balaban J connectivity index is 1.83. The van der Waals surface area contributed by atoms with Crippen LogP contribution in [0.15, 0.2) is 35.8 Å². The molecular formula is C14H16F2N6. The Morgan fingerprint density at radius 3 is 2.82 bits per heavy atom. The van der Waals surface area contributed by atoms with E-state index < -0.39 is 11.6 Å². The largest absolute Gasteiger partial charge is 0.296 e. The summed E-state index contributed by atoms with van der Waals surface area (Å²) in [5.74, 6) is -1.38. The van der Waals surface area contributed by atoms with Gasteiger partial charge in [-0.15, -0.1) is 0 Å². The zero-order chi connectivity index (χ0) is 15.5. The second-order valence-corrected chi connectivity index (χ2v) is 5.20. The summed E-state index contributed by atoms with van der Waals surface area (Å²) in [7, 11) is 0. The van der Waals surface area contributed by atoms with Gasteiger partial charge in [-0.2, -0.15) is 5.10 Å². The first-order valence-electron chi connectivity index (χ1n) is 6.95. The molecule has 0 radical (unpaired) electrons. The van der Waals surface area contributed by atoms with Crippen LogP contribution in [0.3, 0.4) is 0 Å². The first-order valence-corrected chi connectivity index (χ1v) is 6.95. The lowest BCUT2D eigenvalue weighted by Gasteiger charge is -2.24. The van der Waals surface area contributed by atoms with Gasteiger partial charge in [0.2, 0.25) is 0 Å². The first kappa shape index (κ1) is 14.6. The number of nitrogens with one attached hydrogen (secondary N) is 1. The number of aliphatic imine (C=N–C) groups is 1. The first-order chi connectivity index (χ1) is 10.6. The highest BCUT2D eigenvalue weighted by molar-refractivity contribution is 5.56. The number of nitrogens with zero attached hydrogens (tertiary/aromatic N) is 5. The average molecular weight is 306 g/mol. The molecule has 0 aliphatic carbocycles. The smallest absolute Gasteiger partial charge is 0.137 e. The standard InChI is InChI=1S/C14H16F2N6/c1-10-18-9-22(20-10)6-11(5-21-8-17-7-19-21)13-3-2-12(15)4-14(13)16/h2-4,7-11,20H,5-6H2,1H3. The van der Waals surface area contributed by atoms with Crippen molar-refractivity contribution in [2.45, 2.75) is 25.6 Å². The third-order valence-electron chi connectivity index (χ3n) is 3.48. The Morgan fingerprint density at radius 2 is 2.18 bits per heavy atom.